The monoisotopic (exact) mass is 236 g/mol. The molecule has 1 fully saturated rings. The maximum absolute atomic E-state index is 12.1. The second-order valence-electron chi connectivity index (χ2n) is 4.57. The molecule has 92 valence electrons. The fraction of sp³-hybridized carbons (Fsp3) is 0.500. The van der Waals surface area contributed by atoms with Crippen LogP contribution in [0.25, 0.3) is 0 Å². The molecule has 1 aromatic rings. The Morgan fingerprint density at radius 1 is 1.53 bits per heavy atom. The van der Waals surface area contributed by atoms with Crippen LogP contribution in [-0.2, 0) is 4.79 Å². The van der Waals surface area contributed by atoms with E-state index in [2.05, 4.69) is 4.98 Å². The molecule has 1 saturated heterocycles. The average Bonchev–Trinajstić information content (AvgIpc) is 2.81. The van der Waals surface area contributed by atoms with Crippen molar-refractivity contribution in [3.8, 4) is 0 Å². The molecule has 1 aromatic heterocycles. The molecule has 0 saturated carbocycles. The van der Waals surface area contributed by atoms with Crippen LogP contribution in [0.4, 0.5) is 0 Å². The SMILES string of the molecule is CC1CCN(C(=O)c2ccc[nH]2)C(C(=O)O)C1. The molecule has 2 heterocycles. The van der Waals surface area contributed by atoms with Crippen LogP contribution in [0.5, 0.6) is 0 Å². The van der Waals surface area contributed by atoms with Crippen molar-refractivity contribution in [2.45, 2.75) is 25.8 Å². The standard InChI is InChI=1S/C12H16N2O3/c1-8-4-6-14(10(7-8)12(16)17)11(15)9-3-2-5-13-9/h2-3,5,8,10,13H,4,6-7H2,1H3,(H,16,17). The van der Waals surface area contributed by atoms with E-state index < -0.39 is 12.0 Å². The highest BCUT2D eigenvalue weighted by atomic mass is 16.4. The molecule has 17 heavy (non-hydrogen) atoms. The first-order valence-electron chi connectivity index (χ1n) is 5.76. The van der Waals surface area contributed by atoms with Gasteiger partial charge in [-0.2, -0.15) is 0 Å². The highest BCUT2D eigenvalue weighted by Crippen LogP contribution is 2.24. The summed E-state index contributed by atoms with van der Waals surface area (Å²) in [5.41, 5.74) is 0.450. The summed E-state index contributed by atoms with van der Waals surface area (Å²) >= 11 is 0. The van der Waals surface area contributed by atoms with E-state index in [1.807, 2.05) is 6.92 Å². The number of carbonyl (C=O) groups excluding carboxylic acids is 1. The number of nitrogens with zero attached hydrogens (tertiary/aromatic N) is 1. The van der Waals surface area contributed by atoms with E-state index in [9.17, 15) is 9.59 Å². The molecule has 2 atom stereocenters. The molecule has 0 radical (unpaired) electrons. The van der Waals surface area contributed by atoms with E-state index in [-0.39, 0.29) is 5.91 Å². The Labute approximate surface area is 99.4 Å². The number of carboxylic acids is 1. The van der Waals surface area contributed by atoms with Crippen LogP contribution in [0.3, 0.4) is 0 Å². The molecule has 2 unspecified atom stereocenters. The van der Waals surface area contributed by atoms with Crippen LogP contribution in [0.15, 0.2) is 18.3 Å². The molecular weight excluding hydrogens is 220 g/mol. The Hall–Kier alpha value is -1.78. The summed E-state index contributed by atoms with van der Waals surface area (Å²) in [6.45, 7) is 2.53. The summed E-state index contributed by atoms with van der Waals surface area (Å²) in [5, 5.41) is 9.17. The van der Waals surface area contributed by atoms with E-state index in [0.29, 0.717) is 24.6 Å². The lowest BCUT2D eigenvalue weighted by Gasteiger charge is -2.35. The van der Waals surface area contributed by atoms with Crippen LogP contribution in [-0.4, -0.2) is 39.5 Å². The summed E-state index contributed by atoms with van der Waals surface area (Å²) in [4.78, 5) is 27.6. The number of rotatable bonds is 2. The molecule has 5 nitrogen and oxygen atoms in total. The number of carboxylic acid groups (broad SMARTS) is 1. The number of aromatic amines is 1. The minimum Gasteiger partial charge on any atom is -0.480 e. The van der Waals surface area contributed by atoms with Crippen molar-refractivity contribution in [2.24, 2.45) is 5.92 Å². The first-order chi connectivity index (χ1) is 8.09. The molecule has 0 aromatic carbocycles. The number of carbonyl (C=O) groups is 2. The van der Waals surface area contributed by atoms with Crippen molar-refractivity contribution >= 4 is 11.9 Å². The minimum atomic E-state index is -0.920. The van der Waals surface area contributed by atoms with Gasteiger partial charge in [0.25, 0.3) is 5.91 Å². The third-order valence-electron chi connectivity index (χ3n) is 3.24. The zero-order valence-corrected chi connectivity index (χ0v) is 9.72. The molecule has 0 spiro atoms. The number of nitrogens with one attached hydrogen (secondary N) is 1. The third-order valence-corrected chi connectivity index (χ3v) is 3.24. The number of likely N-dealkylation sites (tertiary alicyclic amines) is 1. The number of piperidine rings is 1. The van der Waals surface area contributed by atoms with Gasteiger partial charge >= 0.3 is 5.97 Å². The van der Waals surface area contributed by atoms with Gasteiger partial charge in [0.15, 0.2) is 0 Å². The van der Waals surface area contributed by atoms with Gasteiger partial charge in [-0.3, -0.25) is 4.79 Å². The Balaban J connectivity index is 2.18. The van der Waals surface area contributed by atoms with Gasteiger partial charge in [-0.25, -0.2) is 4.79 Å². The van der Waals surface area contributed by atoms with E-state index in [1.54, 1.807) is 18.3 Å². The number of H-pyrrole nitrogens is 1. The van der Waals surface area contributed by atoms with Crippen LogP contribution in [0.1, 0.15) is 30.3 Å². The molecule has 1 aliphatic rings. The summed E-state index contributed by atoms with van der Waals surface area (Å²) in [6, 6.07) is 2.70. The normalized spacial score (nSPS) is 24.6. The van der Waals surface area contributed by atoms with E-state index in [4.69, 9.17) is 5.11 Å². The molecule has 2 rings (SSSR count). The lowest BCUT2D eigenvalue weighted by atomic mass is 9.92. The maximum Gasteiger partial charge on any atom is 0.326 e. The predicted molar refractivity (Wildman–Crippen MR) is 61.7 cm³/mol. The fourth-order valence-electron chi connectivity index (χ4n) is 2.24. The first-order valence-corrected chi connectivity index (χ1v) is 5.76. The largest absolute Gasteiger partial charge is 0.480 e. The van der Waals surface area contributed by atoms with E-state index >= 15 is 0 Å². The topological polar surface area (TPSA) is 73.4 Å². The second kappa shape index (κ2) is 4.61. The molecule has 1 aliphatic heterocycles. The van der Waals surface area contributed by atoms with Crippen LogP contribution in [0.2, 0.25) is 0 Å². The quantitative estimate of drug-likeness (QED) is 0.813. The molecule has 0 bridgehead atoms. The molecular formula is C12H16N2O3. The molecule has 0 aliphatic carbocycles. The number of aliphatic carboxylic acids is 1. The smallest absolute Gasteiger partial charge is 0.326 e. The number of hydrogen-bond donors (Lipinski definition) is 2. The minimum absolute atomic E-state index is 0.227. The first kappa shape index (κ1) is 11.7. The van der Waals surface area contributed by atoms with Gasteiger partial charge in [-0.05, 0) is 30.9 Å². The number of amides is 1. The van der Waals surface area contributed by atoms with Crippen molar-refractivity contribution in [3.63, 3.8) is 0 Å². The van der Waals surface area contributed by atoms with Crippen LogP contribution >= 0.6 is 0 Å². The fourth-order valence-corrected chi connectivity index (χ4v) is 2.24. The van der Waals surface area contributed by atoms with E-state index in [0.717, 1.165) is 6.42 Å². The Morgan fingerprint density at radius 2 is 2.29 bits per heavy atom. The second-order valence-corrected chi connectivity index (χ2v) is 4.57. The number of hydrogen-bond acceptors (Lipinski definition) is 2. The van der Waals surface area contributed by atoms with Crippen molar-refractivity contribution in [2.75, 3.05) is 6.54 Å². The summed E-state index contributed by atoms with van der Waals surface area (Å²) in [5.74, 6) is -0.797. The molecule has 5 heteroatoms. The lowest BCUT2D eigenvalue weighted by Crippen LogP contribution is -2.49. The maximum atomic E-state index is 12.1. The third kappa shape index (κ3) is 2.33. The van der Waals surface area contributed by atoms with Crippen molar-refractivity contribution in [3.05, 3.63) is 24.0 Å². The van der Waals surface area contributed by atoms with Gasteiger partial charge in [0, 0.05) is 12.7 Å². The molecule has 2 N–H and O–H groups in total. The highest BCUT2D eigenvalue weighted by molar-refractivity contribution is 5.95. The summed E-state index contributed by atoms with van der Waals surface area (Å²) in [6.07, 6.45) is 3.05. The van der Waals surface area contributed by atoms with Gasteiger partial charge in [-0.15, -0.1) is 0 Å². The zero-order chi connectivity index (χ0) is 12.4. The average molecular weight is 236 g/mol. The van der Waals surface area contributed by atoms with Gasteiger partial charge in [0.1, 0.15) is 11.7 Å². The van der Waals surface area contributed by atoms with Gasteiger partial charge < -0.3 is 15.0 Å². The highest BCUT2D eigenvalue weighted by Gasteiger charge is 2.35. The van der Waals surface area contributed by atoms with Crippen molar-refractivity contribution in [1.82, 2.24) is 9.88 Å². The van der Waals surface area contributed by atoms with Gasteiger partial charge in [0.2, 0.25) is 0 Å². The zero-order valence-electron chi connectivity index (χ0n) is 9.72. The van der Waals surface area contributed by atoms with Gasteiger partial charge in [-0.1, -0.05) is 6.92 Å². The Bertz CT molecular complexity index is 413. The number of aromatic nitrogens is 1. The Kier molecular flexibility index (Phi) is 3.17. The van der Waals surface area contributed by atoms with Gasteiger partial charge in [0.05, 0.1) is 0 Å². The molecule has 1 amide bonds. The van der Waals surface area contributed by atoms with Crippen molar-refractivity contribution < 1.29 is 14.7 Å². The Morgan fingerprint density at radius 3 is 2.88 bits per heavy atom. The van der Waals surface area contributed by atoms with Crippen LogP contribution < -0.4 is 0 Å². The predicted octanol–water partition coefficient (Wildman–Crippen LogP) is 1.34. The van der Waals surface area contributed by atoms with Crippen molar-refractivity contribution in [1.29, 1.82) is 0 Å². The van der Waals surface area contributed by atoms with Crippen LogP contribution in [0, 0.1) is 5.92 Å². The lowest BCUT2D eigenvalue weighted by molar-refractivity contribution is -0.144. The van der Waals surface area contributed by atoms with E-state index in [1.165, 1.54) is 4.90 Å². The summed E-state index contributed by atoms with van der Waals surface area (Å²) < 4.78 is 0. The summed E-state index contributed by atoms with van der Waals surface area (Å²) in [7, 11) is 0.